The summed E-state index contributed by atoms with van der Waals surface area (Å²) in [7, 11) is 0. The van der Waals surface area contributed by atoms with Crippen molar-refractivity contribution in [2.45, 2.75) is 20.3 Å². The van der Waals surface area contributed by atoms with E-state index in [0.717, 1.165) is 18.9 Å². The molecule has 0 aromatic rings. The third-order valence-electron chi connectivity index (χ3n) is 1.66. The monoisotopic (exact) mass is 210 g/mol. The van der Waals surface area contributed by atoms with Gasteiger partial charge in [0.2, 0.25) is 0 Å². The zero-order chi connectivity index (χ0) is 11.8. The van der Waals surface area contributed by atoms with Crippen molar-refractivity contribution in [1.82, 2.24) is 0 Å². The molecule has 0 bridgehead atoms. The molecule has 15 heavy (non-hydrogen) atoms. The quantitative estimate of drug-likeness (QED) is 0.694. The van der Waals surface area contributed by atoms with Crippen LogP contribution in [0.15, 0.2) is 35.5 Å². The first-order valence-corrected chi connectivity index (χ1v) is 4.44. The lowest BCUT2D eigenvalue weighted by Gasteiger charge is -2.07. The molecule has 0 saturated carbocycles. The van der Waals surface area contributed by atoms with Crippen LogP contribution in [0.2, 0.25) is 0 Å². The Morgan fingerprint density at radius 3 is 2.27 bits per heavy atom. The van der Waals surface area contributed by atoms with E-state index in [4.69, 9.17) is 15.0 Å². The van der Waals surface area contributed by atoms with E-state index in [1.807, 2.05) is 19.1 Å². The van der Waals surface area contributed by atoms with E-state index >= 15 is 0 Å². The maximum Gasteiger partial charge on any atom is 0.335 e. The van der Waals surface area contributed by atoms with E-state index in [9.17, 15) is 4.79 Å². The van der Waals surface area contributed by atoms with Crippen molar-refractivity contribution in [2.24, 2.45) is 0 Å². The van der Waals surface area contributed by atoms with Crippen LogP contribution in [0.3, 0.4) is 0 Å². The molecule has 1 aliphatic carbocycles. The molecule has 4 heteroatoms. The van der Waals surface area contributed by atoms with Gasteiger partial charge in [-0.25, -0.2) is 4.79 Å². The molecule has 0 spiro atoms. The third-order valence-corrected chi connectivity index (χ3v) is 1.66. The van der Waals surface area contributed by atoms with E-state index in [-0.39, 0.29) is 0 Å². The Hall–Kier alpha value is -1.84. The van der Waals surface area contributed by atoms with Gasteiger partial charge in [0.25, 0.3) is 5.97 Å². The van der Waals surface area contributed by atoms with Gasteiger partial charge < -0.3 is 10.2 Å². The number of carboxylic acids is 2. The molecule has 0 aromatic heterocycles. The maximum atomic E-state index is 10.6. The predicted molar refractivity (Wildman–Crippen MR) is 56.5 cm³/mol. The first kappa shape index (κ1) is 13.2. The van der Waals surface area contributed by atoms with Crippen LogP contribution in [0.4, 0.5) is 0 Å². The summed E-state index contributed by atoms with van der Waals surface area (Å²) >= 11 is 0. The van der Waals surface area contributed by atoms with Gasteiger partial charge in [-0.2, -0.15) is 0 Å². The average Bonchev–Trinajstić information content (AvgIpc) is 2.16. The van der Waals surface area contributed by atoms with Gasteiger partial charge in [-0.05, 0) is 25.0 Å². The zero-order valence-corrected chi connectivity index (χ0v) is 8.73. The SMILES string of the molecule is CC(=O)O.CC=C1CC=CC=C1C(=O)O. The Balaban J connectivity index is 0.000000423. The van der Waals surface area contributed by atoms with Gasteiger partial charge in [0, 0.05) is 6.92 Å². The van der Waals surface area contributed by atoms with Gasteiger partial charge in [0.05, 0.1) is 5.57 Å². The minimum atomic E-state index is -0.845. The number of allylic oxidation sites excluding steroid dienone is 4. The van der Waals surface area contributed by atoms with Crippen LogP contribution in [-0.4, -0.2) is 22.2 Å². The van der Waals surface area contributed by atoms with Gasteiger partial charge in [-0.15, -0.1) is 0 Å². The summed E-state index contributed by atoms with van der Waals surface area (Å²) in [4.78, 5) is 19.6. The summed E-state index contributed by atoms with van der Waals surface area (Å²) in [6.45, 7) is 2.94. The molecule has 0 fully saturated rings. The van der Waals surface area contributed by atoms with Crippen LogP contribution in [0, 0.1) is 0 Å². The van der Waals surface area contributed by atoms with E-state index in [1.165, 1.54) is 0 Å². The number of hydrogen-bond acceptors (Lipinski definition) is 2. The summed E-state index contributed by atoms with van der Waals surface area (Å²) in [5.74, 6) is -1.68. The lowest BCUT2D eigenvalue weighted by atomic mass is 9.98. The second-order valence-corrected chi connectivity index (χ2v) is 2.85. The molecule has 2 N–H and O–H groups in total. The Morgan fingerprint density at radius 1 is 1.40 bits per heavy atom. The minimum absolute atomic E-state index is 0.412. The summed E-state index contributed by atoms with van der Waals surface area (Å²) in [6, 6.07) is 0. The zero-order valence-electron chi connectivity index (χ0n) is 8.73. The van der Waals surface area contributed by atoms with Gasteiger partial charge in [-0.3, -0.25) is 4.79 Å². The van der Waals surface area contributed by atoms with E-state index in [2.05, 4.69) is 0 Å². The molecule has 0 saturated heterocycles. The van der Waals surface area contributed by atoms with E-state index in [1.54, 1.807) is 12.2 Å². The van der Waals surface area contributed by atoms with Crippen molar-refractivity contribution in [3.05, 3.63) is 35.5 Å². The number of carboxylic acid groups (broad SMARTS) is 2. The van der Waals surface area contributed by atoms with Gasteiger partial charge in [0.1, 0.15) is 0 Å². The molecule has 0 amide bonds. The molecule has 0 radical (unpaired) electrons. The number of hydrogen-bond donors (Lipinski definition) is 2. The summed E-state index contributed by atoms with van der Waals surface area (Å²) in [5.41, 5.74) is 1.30. The molecule has 0 atom stereocenters. The minimum Gasteiger partial charge on any atom is -0.481 e. The molecule has 0 unspecified atom stereocenters. The van der Waals surface area contributed by atoms with Crippen LogP contribution in [0.1, 0.15) is 20.3 Å². The van der Waals surface area contributed by atoms with Crippen LogP contribution in [0.25, 0.3) is 0 Å². The Bertz CT molecular complexity index is 330. The van der Waals surface area contributed by atoms with Gasteiger partial charge in [-0.1, -0.05) is 18.2 Å². The Kier molecular flexibility index (Phi) is 5.78. The summed E-state index contributed by atoms with van der Waals surface area (Å²) in [6.07, 6.45) is 7.91. The first-order chi connectivity index (χ1) is 6.99. The third kappa shape index (κ3) is 5.46. The Morgan fingerprint density at radius 2 is 1.93 bits per heavy atom. The van der Waals surface area contributed by atoms with Gasteiger partial charge >= 0.3 is 5.97 Å². The molecule has 82 valence electrons. The standard InChI is InChI=1S/C9H10O2.C2H4O2/c1-2-7-5-3-4-6-8(7)9(10)11;1-2(3)4/h2-4,6H,5H2,1H3,(H,10,11);1H3,(H,3,4). The molecule has 0 aromatic carbocycles. The molecular formula is C11H14O4. The largest absolute Gasteiger partial charge is 0.481 e. The highest BCUT2D eigenvalue weighted by Gasteiger charge is 2.12. The van der Waals surface area contributed by atoms with Gasteiger partial charge in [0.15, 0.2) is 0 Å². The van der Waals surface area contributed by atoms with Crippen molar-refractivity contribution in [3.63, 3.8) is 0 Å². The molecule has 0 heterocycles. The highest BCUT2D eigenvalue weighted by Crippen LogP contribution is 2.18. The summed E-state index contributed by atoms with van der Waals surface area (Å²) in [5, 5.41) is 16.1. The fourth-order valence-electron chi connectivity index (χ4n) is 1.06. The lowest BCUT2D eigenvalue weighted by Crippen LogP contribution is -2.04. The molecule has 0 aliphatic heterocycles. The topological polar surface area (TPSA) is 74.6 Å². The normalized spacial score (nSPS) is 16.4. The predicted octanol–water partition coefficient (Wildman–Crippen LogP) is 1.99. The fraction of sp³-hybridized carbons (Fsp3) is 0.273. The van der Waals surface area contributed by atoms with Crippen molar-refractivity contribution in [1.29, 1.82) is 0 Å². The lowest BCUT2D eigenvalue weighted by molar-refractivity contribution is -0.134. The maximum absolute atomic E-state index is 10.6. The molecule has 1 rings (SSSR count). The summed E-state index contributed by atoms with van der Waals surface area (Å²) < 4.78 is 0. The number of aliphatic carboxylic acids is 2. The first-order valence-electron chi connectivity index (χ1n) is 4.44. The number of rotatable bonds is 1. The van der Waals surface area contributed by atoms with Crippen LogP contribution >= 0.6 is 0 Å². The van der Waals surface area contributed by atoms with E-state index in [0.29, 0.717) is 5.57 Å². The van der Waals surface area contributed by atoms with E-state index < -0.39 is 11.9 Å². The Labute approximate surface area is 88.2 Å². The van der Waals surface area contributed by atoms with Crippen molar-refractivity contribution >= 4 is 11.9 Å². The molecule has 1 aliphatic rings. The van der Waals surface area contributed by atoms with Crippen molar-refractivity contribution < 1.29 is 19.8 Å². The van der Waals surface area contributed by atoms with Crippen molar-refractivity contribution in [3.8, 4) is 0 Å². The number of carbonyl (C=O) groups is 2. The fourth-order valence-corrected chi connectivity index (χ4v) is 1.06. The molecular weight excluding hydrogens is 196 g/mol. The van der Waals surface area contributed by atoms with Crippen LogP contribution in [-0.2, 0) is 9.59 Å². The highest BCUT2D eigenvalue weighted by atomic mass is 16.4. The van der Waals surface area contributed by atoms with Crippen LogP contribution < -0.4 is 0 Å². The van der Waals surface area contributed by atoms with Crippen molar-refractivity contribution in [2.75, 3.05) is 0 Å². The highest BCUT2D eigenvalue weighted by molar-refractivity contribution is 5.92. The second-order valence-electron chi connectivity index (χ2n) is 2.85. The smallest absolute Gasteiger partial charge is 0.335 e. The van der Waals surface area contributed by atoms with Crippen LogP contribution in [0.5, 0.6) is 0 Å². The second kappa shape index (κ2) is 6.59. The average molecular weight is 210 g/mol. The molecule has 4 nitrogen and oxygen atoms in total.